The first-order chi connectivity index (χ1) is 10.7. The Morgan fingerprint density at radius 1 is 1.00 bits per heavy atom. The molecule has 0 bridgehead atoms. The van der Waals surface area contributed by atoms with Crippen LogP contribution in [0.5, 0.6) is 0 Å². The fraction of sp³-hybridized carbons (Fsp3) is 0.222. The van der Waals surface area contributed by atoms with Gasteiger partial charge < -0.3 is 9.32 Å². The molecule has 0 aliphatic rings. The van der Waals surface area contributed by atoms with Gasteiger partial charge >= 0.3 is 0 Å². The third-order valence-corrected chi connectivity index (χ3v) is 3.88. The zero-order valence-electron chi connectivity index (χ0n) is 12.6. The Kier molecular flexibility index (Phi) is 3.67. The van der Waals surface area contributed by atoms with E-state index in [0.29, 0.717) is 40.6 Å². The number of carbonyl (C=O) groups is 1. The molecule has 0 spiro atoms. The Labute approximate surface area is 128 Å². The summed E-state index contributed by atoms with van der Waals surface area (Å²) in [6, 6.07) is 12.2. The summed E-state index contributed by atoms with van der Waals surface area (Å²) in [5.41, 5.74) is 1.45. The van der Waals surface area contributed by atoms with Crippen LogP contribution in [0.4, 0.5) is 0 Å². The molecule has 0 atom stereocenters. The van der Waals surface area contributed by atoms with Gasteiger partial charge in [0.15, 0.2) is 0 Å². The molecule has 112 valence electrons. The van der Waals surface area contributed by atoms with Crippen LogP contribution in [0.2, 0.25) is 0 Å². The van der Waals surface area contributed by atoms with E-state index in [2.05, 4.69) is 0 Å². The summed E-state index contributed by atoms with van der Waals surface area (Å²) in [6.07, 6.45) is 0. The SMILES string of the molecule is CCN(CC)C(=O)c1ccc2c(=O)c3ccccc3oc2c1. The first-order valence-corrected chi connectivity index (χ1v) is 7.40. The third kappa shape index (κ3) is 2.26. The number of nitrogens with zero attached hydrogens (tertiary/aromatic N) is 1. The molecule has 22 heavy (non-hydrogen) atoms. The maximum atomic E-state index is 12.5. The fourth-order valence-electron chi connectivity index (χ4n) is 2.63. The Balaban J connectivity index is 2.20. The summed E-state index contributed by atoms with van der Waals surface area (Å²) in [4.78, 5) is 26.6. The highest BCUT2D eigenvalue weighted by Gasteiger charge is 2.15. The van der Waals surface area contributed by atoms with Crippen molar-refractivity contribution in [3.05, 3.63) is 58.3 Å². The quantitative estimate of drug-likeness (QED) is 0.696. The molecule has 1 aromatic heterocycles. The Hall–Kier alpha value is -2.62. The van der Waals surface area contributed by atoms with Crippen LogP contribution in [0.25, 0.3) is 21.9 Å². The Morgan fingerprint density at radius 2 is 1.68 bits per heavy atom. The van der Waals surface area contributed by atoms with Crippen LogP contribution in [-0.2, 0) is 0 Å². The minimum absolute atomic E-state index is 0.0530. The monoisotopic (exact) mass is 295 g/mol. The molecule has 0 aliphatic heterocycles. The van der Waals surface area contributed by atoms with E-state index >= 15 is 0 Å². The van der Waals surface area contributed by atoms with Crippen LogP contribution in [0.1, 0.15) is 24.2 Å². The molecule has 1 amide bonds. The second-order valence-corrected chi connectivity index (χ2v) is 5.12. The summed E-state index contributed by atoms with van der Waals surface area (Å²) in [7, 11) is 0. The number of fused-ring (bicyclic) bond motifs is 2. The van der Waals surface area contributed by atoms with Gasteiger partial charge in [0.05, 0.1) is 10.8 Å². The second-order valence-electron chi connectivity index (χ2n) is 5.12. The van der Waals surface area contributed by atoms with E-state index in [1.807, 2.05) is 26.0 Å². The molecule has 0 radical (unpaired) electrons. The molecule has 0 N–H and O–H groups in total. The van der Waals surface area contributed by atoms with E-state index < -0.39 is 0 Å². The summed E-state index contributed by atoms with van der Waals surface area (Å²) < 4.78 is 5.79. The molecule has 0 aliphatic carbocycles. The predicted octanol–water partition coefficient (Wildman–Crippen LogP) is 3.43. The van der Waals surface area contributed by atoms with Crippen molar-refractivity contribution in [3.63, 3.8) is 0 Å². The number of rotatable bonds is 3. The number of benzene rings is 2. The van der Waals surface area contributed by atoms with Crippen molar-refractivity contribution in [2.45, 2.75) is 13.8 Å². The van der Waals surface area contributed by atoms with Crippen LogP contribution in [0.3, 0.4) is 0 Å². The molecule has 1 heterocycles. The van der Waals surface area contributed by atoms with Crippen molar-refractivity contribution in [2.75, 3.05) is 13.1 Å². The molecule has 0 unspecified atom stereocenters. The van der Waals surface area contributed by atoms with Gasteiger partial charge in [-0.2, -0.15) is 0 Å². The molecule has 0 saturated carbocycles. The van der Waals surface area contributed by atoms with Crippen LogP contribution in [0, 0.1) is 0 Å². The van der Waals surface area contributed by atoms with Gasteiger partial charge in [0.2, 0.25) is 5.43 Å². The summed E-state index contributed by atoms with van der Waals surface area (Å²) in [5, 5.41) is 1.05. The van der Waals surface area contributed by atoms with E-state index in [4.69, 9.17) is 4.42 Å². The van der Waals surface area contributed by atoms with Gasteiger partial charge in [0.25, 0.3) is 5.91 Å². The largest absolute Gasteiger partial charge is 0.456 e. The number of carbonyl (C=O) groups excluding carboxylic acids is 1. The second kappa shape index (κ2) is 5.64. The van der Waals surface area contributed by atoms with E-state index in [1.165, 1.54) is 0 Å². The number of hydrogen-bond donors (Lipinski definition) is 0. The van der Waals surface area contributed by atoms with Gasteiger partial charge in [-0.25, -0.2) is 0 Å². The van der Waals surface area contributed by atoms with Gasteiger partial charge in [0, 0.05) is 18.7 Å². The normalized spacial score (nSPS) is 11.0. The zero-order valence-corrected chi connectivity index (χ0v) is 12.6. The molecule has 0 fully saturated rings. The topological polar surface area (TPSA) is 50.5 Å². The first-order valence-electron chi connectivity index (χ1n) is 7.40. The average molecular weight is 295 g/mol. The van der Waals surface area contributed by atoms with Crippen LogP contribution >= 0.6 is 0 Å². The number of hydrogen-bond acceptors (Lipinski definition) is 3. The van der Waals surface area contributed by atoms with Crippen LogP contribution < -0.4 is 5.43 Å². The summed E-state index contributed by atoms with van der Waals surface area (Å²) >= 11 is 0. The predicted molar refractivity (Wildman–Crippen MR) is 87.2 cm³/mol. The van der Waals surface area contributed by atoms with Gasteiger partial charge in [-0.05, 0) is 44.2 Å². The van der Waals surface area contributed by atoms with E-state index in [0.717, 1.165) is 0 Å². The highest BCUT2D eigenvalue weighted by molar-refractivity contribution is 5.99. The maximum absolute atomic E-state index is 12.5. The Bertz CT molecular complexity index is 907. The van der Waals surface area contributed by atoms with Gasteiger partial charge in [0.1, 0.15) is 11.2 Å². The summed E-state index contributed by atoms with van der Waals surface area (Å²) in [6.45, 7) is 5.18. The molecule has 3 aromatic rings. The molecule has 4 nitrogen and oxygen atoms in total. The van der Waals surface area contributed by atoms with E-state index in [1.54, 1.807) is 35.2 Å². The highest BCUT2D eigenvalue weighted by Crippen LogP contribution is 2.20. The van der Waals surface area contributed by atoms with Crippen LogP contribution in [0.15, 0.2) is 51.7 Å². The lowest BCUT2D eigenvalue weighted by Crippen LogP contribution is -2.30. The van der Waals surface area contributed by atoms with Gasteiger partial charge in [-0.1, -0.05) is 12.1 Å². The van der Waals surface area contributed by atoms with E-state index in [9.17, 15) is 9.59 Å². The lowest BCUT2D eigenvalue weighted by atomic mass is 10.1. The fourth-order valence-corrected chi connectivity index (χ4v) is 2.63. The van der Waals surface area contributed by atoms with E-state index in [-0.39, 0.29) is 11.3 Å². The smallest absolute Gasteiger partial charge is 0.253 e. The van der Waals surface area contributed by atoms with Crippen molar-refractivity contribution in [2.24, 2.45) is 0 Å². The third-order valence-electron chi connectivity index (χ3n) is 3.88. The molecular weight excluding hydrogens is 278 g/mol. The highest BCUT2D eigenvalue weighted by atomic mass is 16.3. The molecular formula is C18H17NO3. The lowest BCUT2D eigenvalue weighted by Gasteiger charge is -2.18. The lowest BCUT2D eigenvalue weighted by molar-refractivity contribution is 0.0773. The number of para-hydroxylation sites is 1. The van der Waals surface area contributed by atoms with Gasteiger partial charge in [-0.15, -0.1) is 0 Å². The van der Waals surface area contributed by atoms with Crippen molar-refractivity contribution in [1.82, 2.24) is 4.90 Å². The minimum Gasteiger partial charge on any atom is -0.456 e. The number of amides is 1. The minimum atomic E-state index is -0.0707. The van der Waals surface area contributed by atoms with Crippen molar-refractivity contribution in [3.8, 4) is 0 Å². The molecule has 4 heteroatoms. The molecule has 0 saturated heterocycles. The van der Waals surface area contributed by atoms with Crippen LogP contribution in [-0.4, -0.2) is 23.9 Å². The molecule has 3 rings (SSSR count). The van der Waals surface area contributed by atoms with Gasteiger partial charge in [-0.3, -0.25) is 9.59 Å². The van der Waals surface area contributed by atoms with Crippen molar-refractivity contribution in [1.29, 1.82) is 0 Å². The van der Waals surface area contributed by atoms with Crippen molar-refractivity contribution < 1.29 is 9.21 Å². The maximum Gasteiger partial charge on any atom is 0.253 e. The zero-order chi connectivity index (χ0) is 15.7. The summed E-state index contributed by atoms with van der Waals surface area (Å²) in [5.74, 6) is -0.0530. The average Bonchev–Trinajstić information content (AvgIpc) is 2.55. The van der Waals surface area contributed by atoms with Crippen molar-refractivity contribution >= 4 is 27.8 Å². The first kappa shape index (κ1) is 14.3. The Morgan fingerprint density at radius 3 is 2.41 bits per heavy atom. The molecule has 2 aromatic carbocycles. The standard InChI is InChI=1S/C18H17NO3/c1-3-19(4-2)18(21)12-9-10-14-16(11-12)22-15-8-6-5-7-13(15)17(14)20/h5-11H,3-4H2,1-2H3.